The van der Waals surface area contributed by atoms with Crippen LogP contribution in [0.5, 0.6) is 17.4 Å². The van der Waals surface area contributed by atoms with Crippen LogP contribution in [0, 0.1) is 27.3 Å². The summed E-state index contributed by atoms with van der Waals surface area (Å²) in [7, 11) is -4.78. The molecule has 4 N–H and O–H groups in total. The average molecular weight is 1050 g/mol. The zero-order valence-corrected chi connectivity index (χ0v) is 42.7. The maximum absolute atomic E-state index is 14.9. The minimum Gasteiger partial charge on any atom is -0.475 e. The van der Waals surface area contributed by atoms with Crippen LogP contribution in [0.25, 0.3) is 11.0 Å². The number of nitrogens with one attached hydrogen (secondary N) is 3. The van der Waals surface area contributed by atoms with Gasteiger partial charge < -0.3 is 29.8 Å². The highest BCUT2D eigenvalue weighted by Gasteiger charge is 2.50. The Hall–Kier alpha value is -6.10. The number of anilines is 2. The number of pyridine rings is 2. The highest BCUT2D eigenvalue weighted by molar-refractivity contribution is 7.90. The molecule has 0 unspecified atom stereocenters. The van der Waals surface area contributed by atoms with Gasteiger partial charge in [0, 0.05) is 81.4 Å². The summed E-state index contributed by atoms with van der Waals surface area (Å²) in [6, 6.07) is 15.0. The number of rotatable bonds is 16. The van der Waals surface area contributed by atoms with Gasteiger partial charge in [-0.25, -0.2) is 22.5 Å². The standard InChI is InChI=1S/C52H63F4N9O8S/c1-5-72-49-45(24-40-41(53)29-59-46(40)60-49)73-44-22-34(10-11-39(44)48(66)61-74(70,71)36-23-42(65(68)69)47(58-28-36)57-27-33-12-14-50(4,67)15-13-33)63-18-16-51(17-19-63)25-35(26-51)64-21-20-62(31-52(54,55)56)30-43(64)38-9-7-6-8-37(38)32(2)3/h6-11,22-24,28-29,32-33,35,43,67H,5,12-21,25-27,30-31H2,1-4H3,(H,57,58)(H,59,60)(H,61,66)/t33?,43-,50?/m0/s1. The van der Waals surface area contributed by atoms with Gasteiger partial charge in [0.25, 0.3) is 21.8 Å². The van der Waals surface area contributed by atoms with E-state index in [1.165, 1.54) is 17.0 Å². The van der Waals surface area contributed by atoms with Crippen LogP contribution in [0.15, 0.2) is 71.9 Å². The first-order valence-corrected chi connectivity index (χ1v) is 26.8. The van der Waals surface area contributed by atoms with Gasteiger partial charge in [0.1, 0.15) is 22.1 Å². The van der Waals surface area contributed by atoms with Crippen molar-refractivity contribution in [2.24, 2.45) is 11.3 Å². The number of sulfonamides is 1. The predicted octanol–water partition coefficient (Wildman–Crippen LogP) is 9.46. The Kier molecular flexibility index (Phi) is 14.9. The molecule has 4 aliphatic rings. The van der Waals surface area contributed by atoms with Gasteiger partial charge in [-0.3, -0.25) is 24.7 Å². The Balaban J connectivity index is 0.935. The summed E-state index contributed by atoms with van der Waals surface area (Å²) in [5.41, 5.74) is 1.45. The van der Waals surface area contributed by atoms with Gasteiger partial charge in [-0.1, -0.05) is 38.1 Å². The van der Waals surface area contributed by atoms with Crippen molar-refractivity contribution in [2.75, 3.05) is 62.6 Å². The lowest BCUT2D eigenvalue weighted by Crippen LogP contribution is -2.60. The first kappa shape index (κ1) is 52.8. The summed E-state index contributed by atoms with van der Waals surface area (Å²) in [5, 5.41) is 25.6. The van der Waals surface area contributed by atoms with Crippen LogP contribution in [0.1, 0.15) is 113 Å². The summed E-state index contributed by atoms with van der Waals surface area (Å²) in [6.07, 6.45) is 3.73. The maximum atomic E-state index is 14.9. The molecule has 5 heterocycles. The Morgan fingerprint density at radius 2 is 1.76 bits per heavy atom. The van der Waals surface area contributed by atoms with E-state index in [2.05, 4.69) is 56.0 Å². The van der Waals surface area contributed by atoms with Gasteiger partial charge in [-0.2, -0.15) is 18.2 Å². The van der Waals surface area contributed by atoms with Crippen molar-refractivity contribution in [3.05, 3.63) is 99.6 Å². The first-order valence-electron chi connectivity index (χ1n) is 25.3. The second-order valence-electron chi connectivity index (χ2n) is 21.0. The van der Waals surface area contributed by atoms with E-state index < -0.39 is 55.6 Å². The molecule has 3 aromatic heterocycles. The molecule has 398 valence electrons. The lowest BCUT2D eigenvalue weighted by atomic mass is 9.59. The number of benzene rings is 2. The Morgan fingerprint density at radius 1 is 1.03 bits per heavy atom. The zero-order valence-electron chi connectivity index (χ0n) is 41.9. The van der Waals surface area contributed by atoms with Crippen molar-refractivity contribution in [1.29, 1.82) is 0 Å². The van der Waals surface area contributed by atoms with Crippen molar-refractivity contribution in [3.63, 3.8) is 0 Å². The van der Waals surface area contributed by atoms with Gasteiger partial charge in [0.2, 0.25) is 5.82 Å². The van der Waals surface area contributed by atoms with Crippen molar-refractivity contribution in [1.82, 2.24) is 29.5 Å². The third kappa shape index (κ3) is 11.6. The number of fused-ring (bicyclic) bond motifs is 1. The number of piperidine rings is 1. The smallest absolute Gasteiger partial charge is 0.401 e. The third-order valence-corrected chi connectivity index (χ3v) is 16.8. The summed E-state index contributed by atoms with van der Waals surface area (Å²) >= 11 is 0. The molecule has 2 aliphatic carbocycles. The van der Waals surface area contributed by atoms with Crippen molar-refractivity contribution in [3.8, 4) is 17.4 Å². The fourth-order valence-corrected chi connectivity index (χ4v) is 12.3. The number of piperazine rings is 1. The van der Waals surface area contributed by atoms with Crippen molar-refractivity contribution >= 4 is 44.2 Å². The van der Waals surface area contributed by atoms with E-state index in [1.54, 1.807) is 26.0 Å². The number of carbonyl (C=O) groups is 1. The second-order valence-corrected chi connectivity index (χ2v) is 22.7. The van der Waals surface area contributed by atoms with Crippen LogP contribution in [0.2, 0.25) is 0 Å². The van der Waals surface area contributed by atoms with Crippen LogP contribution >= 0.6 is 0 Å². The molecule has 0 radical (unpaired) electrons. The molecule has 22 heteroatoms. The summed E-state index contributed by atoms with van der Waals surface area (Å²) in [4.78, 5) is 42.3. The molecular formula is C52H63F4N9O8S. The number of hydrogen-bond donors (Lipinski definition) is 4. The van der Waals surface area contributed by atoms with E-state index in [1.807, 2.05) is 16.9 Å². The average Bonchev–Trinajstić information content (AvgIpc) is 3.70. The van der Waals surface area contributed by atoms with Crippen LogP contribution in [0.4, 0.5) is 34.8 Å². The molecule has 2 saturated carbocycles. The molecule has 1 spiro atoms. The zero-order chi connectivity index (χ0) is 52.7. The van der Waals surface area contributed by atoms with Gasteiger partial charge in [0.05, 0.1) is 40.8 Å². The molecular weight excluding hydrogens is 987 g/mol. The van der Waals surface area contributed by atoms with E-state index >= 15 is 0 Å². The number of amides is 1. The summed E-state index contributed by atoms with van der Waals surface area (Å²) < 4.78 is 97.8. The number of carbonyl (C=O) groups excluding carboxylic acids is 1. The largest absolute Gasteiger partial charge is 0.475 e. The number of nitro groups is 1. The van der Waals surface area contributed by atoms with E-state index in [0.29, 0.717) is 70.6 Å². The monoisotopic (exact) mass is 1050 g/mol. The molecule has 0 bridgehead atoms. The minimum atomic E-state index is -4.78. The molecule has 2 aliphatic heterocycles. The van der Waals surface area contributed by atoms with E-state index in [9.17, 15) is 46.0 Å². The van der Waals surface area contributed by atoms with Crippen LogP contribution < -0.4 is 24.4 Å². The number of H-pyrrole nitrogens is 1. The number of alkyl halides is 3. The lowest BCUT2D eigenvalue weighted by Gasteiger charge is -2.58. The predicted molar refractivity (Wildman–Crippen MR) is 270 cm³/mol. The minimum absolute atomic E-state index is 0.0186. The van der Waals surface area contributed by atoms with Gasteiger partial charge in [-0.15, -0.1) is 0 Å². The Bertz CT molecular complexity index is 2980. The number of ether oxygens (including phenoxy) is 2. The van der Waals surface area contributed by atoms with Crippen LogP contribution in [-0.2, 0) is 10.0 Å². The fraction of sp³-hybridized carbons (Fsp3) is 0.519. The fourth-order valence-electron chi connectivity index (χ4n) is 11.4. The van der Waals surface area contributed by atoms with Gasteiger partial charge in [-0.05, 0) is 106 Å². The number of aromatic nitrogens is 3. The normalized spacial score (nSPS) is 21.9. The number of hydrogen-bond acceptors (Lipinski definition) is 14. The summed E-state index contributed by atoms with van der Waals surface area (Å²) in [5.74, 6) is -1.76. The van der Waals surface area contributed by atoms with Crippen LogP contribution in [-0.4, -0.2) is 119 Å². The Morgan fingerprint density at radius 3 is 2.45 bits per heavy atom. The molecule has 1 amide bonds. The molecule has 74 heavy (non-hydrogen) atoms. The highest BCUT2D eigenvalue weighted by atomic mass is 32.2. The molecule has 5 aromatic rings. The number of nitrogens with zero attached hydrogens (tertiary/aromatic N) is 6. The lowest BCUT2D eigenvalue weighted by molar-refractivity contribution is -0.384. The molecule has 1 atom stereocenters. The quantitative estimate of drug-likeness (QED) is 0.0413. The number of aromatic amines is 1. The van der Waals surface area contributed by atoms with E-state index in [-0.39, 0.29) is 75.7 Å². The van der Waals surface area contributed by atoms with E-state index in [0.717, 1.165) is 55.3 Å². The summed E-state index contributed by atoms with van der Waals surface area (Å²) in [6.45, 7) is 9.62. The van der Waals surface area contributed by atoms with Gasteiger partial charge in [0.15, 0.2) is 5.75 Å². The first-order chi connectivity index (χ1) is 35.1. The Labute approximate surface area is 427 Å². The number of halogens is 4. The molecule has 2 saturated heterocycles. The van der Waals surface area contributed by atoms with Gasteiger partial charge >= 0.3 is 11.9 Å². The molecule has 4 fully saturated rings. The number of aliphatic hydroxyl groups is 1. The van der Waals surface area contributed by atoms with Crippen molar-refractivity contribution < 1.29 is 50.3 Å². The molecule has 2 aromatic carbocycles. The molecule has 17 nitrogen and oxygen atoms in total. The topological polar surface area (TPSA) is 208 Å². The van der Waals surface area contributed by atoms with Crippen LogP contribution in [0.3, 0.4) is 0 Å². The second kappa shape index (κ2) is 20.9. The maximum Gasteiger partial charge on any atom is 0.401 e. The molecule has 9 rings (SSSR count). The third-order valence-electron chi connectivity index (χ3n) is 15.5. The highest BCUT2D eigenvalue weighted by Crippen LogP contribution is 2.53. The SMILES string of the molecule is CCOc1nc2[nH]cc(F)c2cc1Oc1cc(N2CCC3(CC2)CC(N2CCN(CC(F)(F)F)C[C@H]2c2ccccc2C(C)C)C3)ccc1C(=O)NS(=O)(=O)c1cnc(NCC2CCC(C)(O)CC2)c([N+](=O)[O-])c1. The van der Waals surface area contributed by atoms with Crippen molar-refractivity contribution in [2.45, 2.75) is 114 Å². The van der Waals surface area contributed by atoms with E-state index in [4.69, 9.17) is 9.47 Å².